The summed E-state index contributed by atoms with van der Waals surface area (Å²) in [5.41, 5.74) is 3.65. The molecule has 1 saturated heterocycles. The molecule has 1 fully saturated rings. The number of carbonyl (C=O) groups is 2. The molecule has 1 aliphatic rings. The maximum atomic E-state index is 14.1. The molecule has 1 unspecified atom stereocenters. The predicted octanol–water partition coefficient (Wildman–Crippen LogP) is 5.37. The molecular formula is C37H41N3O5S. The zero-order chi connectivity index (χ0) is 32.4. The third kappa shape index (κ3) is 8.62. The number of hydrogen-bond acceptors (Lipinski definition) is 5. The quantitative estimate of drug-likeness (QED) is 0.200. The van der Waals surface area contributed by atoms with Gasteiger partial charge in [0.15, 0.2) is 0 Å². The molecule has 0 bridgehead atoms. The Morgan fingerprint density at radius 3 is 1.98 bits per heavy atom. The number of nitrogens with zero attached hydrogens (tertiary/aromatic N) is 2. The number of hydrogen-bond donors (Lipinski definition) is 1. The van der Waals surface area contributed by atoms with Crippen molar-refractivity contribution in [2.24, 2.45) is 0 Å². The summed E-state index contributed by atoms with van der Waals surface area (Å²) in [6.07, 6.45) is 2.67. The van der Waals surface area contributed by atoms with Crippen LogP contribution in [0, 0.1) is 0 Å². The van der Waals surface area contributed by atoms with E-state index >= 15 is 0 Å². The smallest absolute Gasteiger partial charge is 0.243 e. The van der Waals surface area contributed by atoms with Crippen molar-refractivity contribution >= 4 is 21.8 Å². The van der Waals surface area contributed by atoms with E-state index in [1.807, 2.05) is 84.9 Å². The lowest BCUT2D eigenvalue weighted by atomic mass is 10.0. The zero-order valence-electron chi connectivity index (χ0n) is 26.2. The molecule has 46 heavy (non-hydrogen) atoms. The topological polar surface area (TPSA) is 96.0 Å². The van der Waals surface area contributed by atoms with Crippen LogP contribution >= 0.6 is 0 Å². The van der Waals surface area contributed by atoms with E-state index in [4.69, 9.17) is 4.74 Å². The molecule has 1 aliphatic heterocycles. The first-order valence-corrected chi connectivity index (χ1v) is 17.1. The van der Waals surface area contributed by atoms with Crippen LogP contribution in [-0.2, 0) is 45.5 Å². The molecule has 4 aromatic carbocycles. The minimum absolute atomic E-state index is 0.158. The molecule has 9 heteroatoms. The fourth-order valence-corrected chi connectivity index (χ4v) is 7.20. The van der Waals surface area contributed by atoms with E-state index in [1.54, 1.807) is 36.3 Å². The number of carbonyl (C=O) groups excluding carboxylic acids is 2. The van der Waals surface area contributed by atoms with E-state index in [9.17, 15) is 18.0 Å². The lowest BCUT2D eigenvalue weighted by Gasteiger charge is -2.32. The highest BCUT2D eigenvalue weighted by molar-refractivity contribution is 7.89. The van der Waals surface area contributed by atoms with E-state index in [-0.39, 0.29) is 29.7 Å². The van der Waals surface area contributed by atoms with Gasteiger partial charge in [0.2, 0.25) is 21.8 Å². The summed E-state index contributed by atoms with van der Waals surface area (Å²) in [6.45, 7) is 1.69. The van der Waals surface area contributed by atoms with Gasteiger partial charge in [0.05, 0.1) is 12.0 Å². The zero-order valence-corrected chi connectivity index (χ0v) is 27.0. The van der Waals surface area contributed by atoms with Crippen molar-refractivity contribution in [2.75, 3.05) is 20.2 Å². The molecule has 0 radical (unpaired) electrons. The molecule has 0 spiro atoms. The SMILES string of the molecule is COc1ccc(CN(C(=O)CCc2ccc(S(=O)(=O)N3CCCC3)cc2)C(Cc2ccccc2)C(=O)NCc2ccccc2)cc1. The van der Waals surface area contributed by atoms with Gasteiger partial charge in [0, 0.05) is 39.0 Å². The Balaban J connectivity index is 1.37. The number of methoxy groups -OCH3 is 1. The Hall–Kier alpha value is -4.47. The van der Waals surface area contributed by atoms with Gasteiger partial charge in [-0.05, 0) is 65.8 Å². The van der Waals surface area contributed by atoms with Crippen molar-refractivity contribution in [3.05, 3.63) is 131 Å². The molecule has 0 saturated carbocycles. The van der Waals surface area contributed by atoms with Gasteiger partial charge in [0.1, 0.15) is 11.8 Å². The molecule has 0 aromatic heterocycles. The van der Waals surface area contributed by atoms with Crippen molar-refractivity contribution in [2.45, 2.75) is 56.1 Å². The molecule has 4 aromatic rings. The van der Waals surface area contributed by atoms with Crippen molar-refractivity contribution < 1.29 is 22.7 Å². The number of amides is 2. The van der Waals surface area contributed by atoms with Crippen molar-refractivity contribution in [1.29, 1.82) is 0 Å². The molecule has 1 heterocycles. The summed E-state index contributed by atoms with van der Waals surface area (Å²) in [4.78, 5) is 29.9. The molecule has 5 rings (SSSR count). The summed E-state index contributed by atoms with van der Waals surface area (Å²) >= 11 is 0. The lowest BCUT2D eigenvalue weighted by molar-refractivity contribution is -0.141. The fraction of sp³-hybridized carbons (Fsp3) is 0.297. The monoisotopic (exact) mass is 639 g/mol. The van der Waals surface area contributed by atoms with Gasteiger partial charge in [-0.3, -0.25) is 9.59 Å². The number of aryl methyl sites for hydroxylation is 1. The summed E-state index contributed by atoms with van der Waals surface area (Å²) in [7, 11) is -1.91. The third-order valence-corrected chi connectivity index (χ3v) is 10.3. The van der Waals surface area contributed by atoms with Crippen molar-refractivity contribution in [3.8, 4) is 5.75 Å². The standard InChI is InChI=1S/C37H41N3O5S/c1-45-33-19-14-32(15-20-33)28-40(35(26-30-10-4-2-5-11-30)37(42)38-27-31-12-6-3-7-13-31)36(41)23-18-29-16-21-34(22-17-29)46(43,44)39-24-8-9-25-39/h2-7,10-17,19-22,35H,8-9,18,23-28H2,1H3,(H,38,42). The number of rotatable bonds is 14. The number of sulfonamides is 1. The van der Waals surface area contributed by atoms with Crippen LogP contribution in [0.2, 0.25) is 0 Å². The van der Waals surface area contributed by atoms with Gasteiger partial charge in [-0.1, -0.05) is 84.9 Å². The van der Waals surface area contributed by atoms with Gasteiger partial charge in [-0.25, -0.2) is 8.42 Å². The third-order valence-electron chi connectivity index (χ3n) is 8.35. The highest BCUT2D eigenvalue weighted by atomic mass is 32.2. The van der Waals surface area contributed by atoms with Crippen molar-refractivity contribution in [3.63, 3.8) is 0 Å². The molecule has 8 nitrogen and oxygen atoms in total. The Morgan fingerprint density at radius 2 is 1.37 bits per heavy atom. The highest BCUT2D eigenvalue weighted by Gasteiger charge is 2.31. The van der Waals surface area contributed by atoms with Crippen LogP contribution in [0.1, 0.15) is 41.5 Å². The van der Waals surface area contributed by atoms with E-state index in [1.165, 1.54) is 4.31 Å². The van der Waals surface area contributed by atoms with Gasteiger partial charge in [-0.2, -0.15) is 4.31 Å². The molecule has 240 valence electrons. The molecule has 1 atom stereocenters. The highest BCUT2D eigenvalue weighted by Crippen LogP contribution is 2.23. The van der Waals surface area contributed by atoms with Crippen LogP contribution in [0.3, 0.4) is 0 Å². The average Bonchev–Trinajstić information content (AvgIpc) is 3.66. The second-order valence-corrected chi connectivity index (χ2v) is 13.5. The normalized spacial score (nSPS) is 14.0. The van der Waals surface area contributed by atoms with Crippen molar-refractivity contribution in [1.82, 2.24) is 14.5 Å². The number of ether oxygens (including phenoxy) is 1. The maximum Gasteiger partial charge on any atom is 0.243 e. The Morgan fingerprint density at radius 1 is 0.783 bits per heavy atom. The molecule has 2 amide bonds. The van der Waals surface area contributed by atoms with Crippen LogP contribution in [0.15, 0.2) is 114 Å². The number of benzene rings is 4. The second kappa shape index (κ2) is 15.7. The van der Waals surface area contributed by atoms with Crippen LogP contribution in [0.4, 0.5) is 0 Å². The van der Waals surface area contributed by atoms with E-state index < -0.39 is 16.1 Å². The molecular weight excluding hydrogens is 598 g/mol. The van der Waals surface area contributed by atoms with Crippen LogP contribution in [0.25, 0.3) is 0 Å². The fourth-order valence-electron chi connectivity index (χ4n) is 5.68. The predicted molar refractivity (Wildman–Crippen MR) is 179 cm³/mol. The summed E-state index contributed by atoms with van der Waals surface area (Å²) in [5, 5.41) is 3.06. The van der Waals surface area contributed by atoms with Gasteiger partial charge in [-0.15, -0.1) is 0 Å². The number of nitrogens with one attached hydrogen (secondary N) is 1. The Bertz CT molecular complexity index is 1670. The molecule has 1 N–H and O–H groups in total. The largest absolute Gasteiger partial charge is 0.497 e. The van der Waals surface area contributed by atoms with Gasteiger partial charge < -0.3 is 15.0 Å². The van der Waals surface area contributed by atoms with E-state index in [0.29, 0.717) is 38.2 Å². The lowest BCUT2D eigenvalue weighted by Crippen LogP contribution is -2.50. The minimum Gasteiger partial charge on any atom is -0.497 e. The second-order valence-electron chi connectivity index (χ2n) is 11.5. The molecule has 0 aliphatic carbocycles. The van der Waals surface area contributed by atoms with E-state index in [2.05, 4.69) is 5.32 Å². The summed E-state index contributed by atoms with van der Waals surface area (Å²) in [5.74, 6) is 0.310. The maximum absolute atomic E-state index is 14.1. The Kier molecular flexibility index (Phi) is 11.2. The van der Waals surface area contributed by atoms with E-state index in [0.717, 1.165) is 35.1 Å². The Labute approximate surface area is 272 Å². The first-order valence-electron chi connectivity index (χ1n) is 15.7. The minimum atomic E-state index is -3.51. The first-order chi connectivity index (χ1) is 22.3. The van der Waals surface area contributed by atoms with Crippen LogP contribution < -0.4 is 10.1 Å². The van der Waals surface area contributed by atoms with Gasteiger partial charge in [0.25, 0.3) is 0 Å². The van der Waals surface area contributed by atoms with Crippen LogP contribution in [-0.4, -0.2) is 55.7 Å². The summed E-state index contributed by atoms with van der Waals surface area (Å²) < 4.78 is 32.8. The van der Waals surface area contributed by atoms with Gasteiger partial charge >= 0.3 is 0 Å². The summed E-state index contributed by atoms with van der Waals surface area (Å²) in [6, 6.07) is 32.9. The van der Waals surface area contributed by atoms with Crippen LogP contribution in [0.5, 0.6) is 5.75 Å². The average molecular weight is 640 g/mol. The first kappa shape index (κ1) is 32.9.